The Labute approximate surface area is 37.9 Å². The largest absolute Gasteiger partial charge is 0.256 e. The highest BCUT2D eigenvalue weighted by Gasteiger charge is 2.10. The van der Waals surface area contributed by atoms with E-state index in [0.717, 1.165) is 12.6 Å². The third kappa shape index (κ3) is 0.533. The molecule has 1 aliphatic heterocycles. The van der Waals surface area contributed by atoms with Gasteiger partial charge < -0.3 is 0 Å². The summed E-state index contributed by atoms with van der Waals surface area (Å²) in [5, 5.41) is 0. The topological polar surface area (TPSA) is 24.1 Å². The van der Waals surface area contributed by atoms with Gasteiger partial charge in [-0.25, -0.2) is 0 Å². The maximum absolute atomic E-state index is 3.05. The molecular weight excluding hydrogens is 76.1 g/mol. The van der Waals surface area contributed by atoms with Gasteiger partial charge in [0.15, 0.2) is 0 Å². The van der Waals surface area contributed by atoms with E-state index in [4.69, 9.17) is 0 Å². The predicted molar refractivity (Wildman–Crippen MR) is 25.2 cm³/mol. The van der Waals surface area contributed by atoms with Crippen molar-refractivity contribution in [3.8, 4) is 0 Å². The fourth-order valence-corrected chi connectivity index (χ4v) is 0.493. The molecule has 0 aromatic carbocycles. The summed E-state index contributed by atoms with van der Waals surface area (Å²) in [4.78, 5) is 0. The molecule has 36 valence electrons. The van der Waals surface area contributed by atoms with Crippen LogP contribution in [0.15, 0.2) is 0 Å². The van der Waals surface area contributed by atoms with E-state index in [2.05, 4.69) is 17.8 Å². The highest BCUT2D eigenvalue weighted by atomic mass is 15.4. The van der Waals surface area contributed by atoms with Crippen LogP contribution in [0.1, 0.15) is 13.3 Å². The van der Waals surface area contributed by atoms with Crippen LogP contribution in [-0.2, 0) is 0 Å². The minimum absolute atomic E-state index is 0.755. The number of hydrogen-bond acceptors (Lipinski definition) is 2. The smallest absolute Gasteiger partial charge is 0.0349 e. The van der Waals surface area contributed by atoms with E-state index in [9.17, 15) is 0 Å². The molecule has 1 atom stereocenters. The van der Waals surface area contributed by atoms with E-state index in [0.29, 0.717) is 0 Å². The van der Waals surface area contributed by atoms with Gasteiger partial charge in [0.05, 0.1) is 0 Å². The lowest BCUT2D eigenvalue weighted by molar-refractivity contribution is 0.293. The summed E-state index contributed by atoms with van der Waals surface area (Å²) in [6, 6.07) is 0.755. The fourth-order valence-electron chi connectivity index (χ4n) is 0.493. The summed E-state index contributed by atoms with van der Waals surface area (Å²) in [7, 11) is 0. The van der Waals surface area contributed by atoms with Gasteiger partial charge in [-0.3, -0.25) is 10.9 Å². The molecule has 0 aromatic heterocycles. The molecular formula is C4H10N2. The van der Waals surface area contributed by atoms with E-state index in [-0.39, 0.29) is 0 Å². The first-order valence-corrected chi connectivity index (χ1v) is 2.42. The van der Waals surface area contributed by atoms with Gasteiger partial charge in [0.1, 0.15) is 0 Å². The van der Waals surface area contributed by atoms with Crippen molar-refractivity contribution in [3.05, 3.63) is 0 Å². The first kappa shape index (κ1) is 4.09. The highest BCUT2D eigenvalue weighted by Crippen LogP contribution is 1.91. The van der Waals surface area contributed by atoms with Crippen LogP contribution in [0.25, 0.3) is 0 Å². The molecule has 0 radical (unpaired) electrons. The van der Waals surface area contributed by atoms with Gasteiger partial charge in [-0.2, -0.15) is 0 Å². The molecule has 1 heterocycles. The predicted octanol–water partition coefficient (Wildman–Crippen LogP) is -0.127. The van der Waals surface area contributed by atoms with Gasteiger partial charge in [-0.05, 0) is 6.42 Å². The molecule has 2 N–H and O–H groups in total. The van der Waals surface area contributed by atoms with Gasteiger partial charge in [0, 0.05) is 12.6 Å². The molecule has 1 saturated heterocycles. The Hall–Kier alpha value is -0.0800. The summed E-state index contributed by atoms with van der Waals surface area (Å²) >= 11 is 0. The SMILES string of the molecule is CC[C@@H]1CNN1. The Kier molecular flexibility index (Phi) is 1.08. The van der Waals surface area contributed by atoms with Crippen molar-refractivity contribution in [2.24, 2.45) is 0 Å². The van der Waals surface area contributed by atoms with Crippen LogP contribution in [0.5, 0.6) is 0 Å². The zero-order chi connectivity index (χ0) is 4.41. The van der Waals surface area contributed by atoms with Crippen LogP contribution in [0.4, 0.5) is 0 Å². The van der Waals surface area contributed by atoms with E-state index in [1.807, 2.05) is 0 Å². The standard InChI is InChI=1S/C4H10N2/c1-2-4-3-5-6-4/h4-6H,2-3H2,1H3/t4-/m1/s1. The molecule has 0 spiro atoms. The summed E-state index contributed by atoms with van der Waals surface area (Å²) < 4.78 is 0. The minimum Gasteiger partial charge on any atom is -0.256 e. The van der Waals surface area contributed by atoms with E-state index in [1.54, 1.807) is 0 Å². The molecule has 2 heteroatoms. The molecule has 1 rings (SSSR count). The second kappa shape index (κ2) is 1.58. The quantitative estimate of drug-likeness (QED) is 0.464. The first-order valence-electron chi connectivity index (χ1n) is 2.42. The first-order chi connectivity index (χ1) is 2.93. The zero-order valence-electron chi connectivity index (χ0n) is 3.99. The molecule has 2 nitrogen and oxygen atoms in total. The second-order valence-corrected chi connectivity index (χ2v) is 1.63. The van der Waals surface area contributed by atoms with Gasteiger partial charge in [-0.15, -0.1) is 0 Å². The number of nitrogens with one attached hydrogen (secondary N) is 2. The van der Waals surface area contributed by atoms with E-state index < -0.39 is 0 Å². The van der Waals surface area contributed by atoms with Crippen LogP contribution in [0.2, 0.25) is 0 Å². The van der Waals surface area contributed by atoms with Crippen molar-refractivity contribution in [2.45, 2.75) is 19.4 Å². The molecule has 0 saturated carbocycles. The third-order valence-corrected chi connectivity index (χ3v) is 1.15. The van der Waals surface area contributed by atoms with E-state index in [1.165, 1.54) is 6.42 Å². The molecule has 0 amide bonds. The Morgan fingerprint density at radius 2 is 2.50 bits per heavy atom. The Balaban J connectivity index is 2.01. The Bertz CT molecular complexity index is 38.1. The number of rotatable bonds is 1. The summed E-state index contributed by atoms with van der Waals surface area (Å²) in [5.74, 6) is 0. The Morgan fingerprint density at radius 3 is 2.50 bits per heavy atom. The fraction of sp³-hybridized carbons (Fsp3) is 1.00. The minimum atomic E-state index is 0.755. The van der Waals surface area contributed by atoms with Crippen LogP contribution < -0.4 is 10.9 Å². The van der Waals surface area contributed by atoms with Gasteiger partial charge in [-0.1, -0.05) is 6.92 Å². The highest BCUT2D eigenvalue weighted by molar-refractivity contribution is 4.71. The molecule has 0 bridgehead atoms. The number of hydrazine groups is 1. The van der Waals surface area contributed by atoms with Crippen molar-refractivity contribution >= 4 is 0 Å². The molecule has 0 unspecified atom stereocenters. The molecule has 0 aromatic rings. The monoisotopic (exact) mass is 86.1 g/mol. The lowest BCUT2D eigenvalue weighted by Gasteiger charge is -2.27. The van der Waals surface area contributed by atoms with Gasteiger partial charge in [0.2, 0.25) is 0 Å². The second-order valence-electron chi connectivity index (χ2n) is 1.63. The van der Waals surface area contributed by atoms with Crippen molar-refractivity contribution in [3.63, 3.8) is 0 Å². The van der Waals surface area contributed by atoms with Crippen molar-refractivity contribution in [2.75, 3.05) is 6.54 Å². The normalized spacial score (nSPS) is 32.5. The lowest BCUT2D eigenvalue weighted by Crippen LogP contribution is -2.58. The van der Waals surface area contributed by atoms with Crippen molar-refractivity contribution < 1.29 is 0 Å². The molecule has 1 fully saturated rings. The maximum atomic E-state index is 3.05. The Morgan fingerprint density at radius 1 is 1.83 bits per heavy atom. The summed E-state index contributed by atoms with van der Waals surface area (Å²) in [6.45, 7) is 3.33. The van der Waals surface area contributed by atoms with Crippen LogP contribution in [0.3, 0.4) is 0 Å². The number of hydrogen-bond donors (Lipinski definition) is 2. The third-order valence-electron chi connectivity index (χ3n) is 1.15. The van der Waals surface area contributed by atoms with Gasteiger partial charge >= 0.3 is 0 Å². The molecule has 6 heavy (non-hydrogen) atoms. The molecule has 0 aliphatic carbocycles. The van der Waals surface area contributed by atoms with Gasteiger partial charge in [0.25, 0.3) is 0 Å². The zero-order valence-corrected chi connectivity index (χ0v) is 3.99. The van der Waals surface area contributed by atoms with Crippen molar-refractivity contribution in [1.29, 1.82) is 0 Å². The maximum Gasteiger partial charge on any atom is 0.0349 e. The lowest BCUT2D eigenvalue weighted by atomic mass is 10.2. The average Bonchev–Trinajstić information content (AvgIpc) is 1.31. The van der Waals surface area contributed by atoms with Crippen molar-refractivity contribution in [1.82, 2.24) is 10.9 Å². The van der Waals surface area contributed by atoms with Crippen LogP contribution >= 0.6 is 0 Å². The summed E-state index contributed by atoms with van der Waals surface area (Å²) in [6.07, 6.45) is 1.24. The summed E-state index contributed by atoms with van der Waals surface area (Å²) in [5.41, 5.74) is 6.01. The van der Waals surface area contributed by atoms with E-state index >= 15 is 0 Å². The van der Waals surface area contributed by atoms with Crippen LogP contribution in [0, 0.1) is 0 Å². The van der Waals surface area contributed by atoms with Crippen LogP contribution in [-0.4, -0.2) is 12.6 Å². The molecule has 1 aliphatic rings. The average molecular weight is 86.1 g/mol.